The van der Waals surface area contributed by atoms with Crippen molar-refractivity contribution in [2.75, 3.05) is 6.61 Å². The third-order valence-corrected chi connectivity index (χ3v) is 4.27. The number of hydrogen-bond acceptors (Lipinski definition) is 3. The molecule has 1 aromatic rings. The Hall–Kier alpha value is -1.51. The number of phenolic OH excluding ortho intramolecular Hbond substituents is 1. The van der Waals surface area contributed by atoms with Gasteiger partial charge in [0.1, 0.15) is 5.75 Å². The highest BCUT2D eigenvalue weighted by Crippen LogP contribution is 2.31. The highest BCUT2D eigenvalue weighted by atomic mass is 16.5. The van der Waals surface area contributed by atoms with Crippen molar-refractivity contribution < 1.29 is 14.6 Å². The first-order valence-electron chi connectivity index (χ1n) is 9.37. The minimum absolute atomic E-state index is 0.210. The van der Waals surface area contributed by atoms with Gasteiger partial charge >= 0.3 is 5.97 Å². The number of rotatable bonds is 10. The van der Waals surface area contributed by atoms with E-state index in [2.05, 4.69) is 6.92 Å². The lowest BCUT2D eigenvalue weighted by atomic mass is 9.85. The number of esters is 1. The van der Waals surface area contributed by atoms with Crippen LogP contribution in [0.15, 0.2) is 18.2 Å². The molecule has 3 heteroatoms. The van der Waals surface area contributed by atoms with Gasteiger partial charge in [-0.15, -0.1) is 0 Å². The van der Waals surface area contributed by atoms with E-state index in [1.807, 2.05) is 20.8 Å². The second kappa shape index (κ2) is 10.4. The highest BCUT2D eigenvalue weighted by molar-refractivity contribution is 5.90. The average Bonchev–Trinajstić information content (AvgIpc) is 2.52. The fraction of sp³-hybridized carbons (Fsp3) is 0.667. The highest BCUT2D eigenvalue weighted by Gasteiger charge is 2.20. The van der Waals surface area contributed by atoms with E-state index in [0.29, 0.717) is 12.2 Å². The smallest absolute Gasteiger partial charge is 0.338 e. The zero-order valence-corrected chi connectivity index (χ0v) is 15.9. The number of carbonyl (C=O) groups excluding carboxylic acids is 1. The first-order chi connectivity index (χ1) is 11.4. The second-order valence-electron chi connectivity index (χ2n) is 7.59. The largest absolute Gasteiger partial charge is 0.508 e. The van der Waals surface area contributed by atoms with Crippen LogP contribution in [0.2, 0.25) is 0 Å². The summed E-state index contributed by atoms with van der Waals surface area (Å²) in [5.74, 6) is -0.0782. The quantitative estimate of drug-likeness (QED) is 0.422. The van der Waals surface area contributed by atoms with E-state index in [4.69, 9.17) is 4.74 Å². The summed E-state index contributed by atoms with van der Waals surface area (Å²) in [6.07, 6.45) is 9.80. The van der Waals surface area contributed by atoms with Gasteiger partial charge in [0.15, 0.2) is 0 Å². The summed E-state index contributed by atoms with van der Waals surface area (Å²) in [5.41, 5.74) is 1.07. The molecule has 3 nitrogen and oxygen atoms in total. The molecule has 1 N–H and O–H groups in total. The predicted molar refractivity (Wildman–Crippen MR) is 99.7 cm³/mol. The minimum atomic E-state index is -0.302. The number of phenols is 1. The Morgan fingerprint density at radius 3 is 2.17 bits per heavy atom. The number of hydrogen-bond donors (Lipinski definition) is 1. The van der Waals surface area contributed by atoms with Crippen LogP contribution in [0.1, 0.15) is 95.0 Å². The summed E-state index contributed by atoms with van der Waals surface area (Å²) in [6, 6.07) is 4.94. The van der Waals surface area contributed by atoms with Crippen molar-refractivity contribution in [3.63, 3.8) is 0 Å². The molecule has 0 amide bonds. The molecule has 0 aromatic heterocycles. The number of carbonyl (C=O) groups is 1. The topological polar surface area (TPSA) is 46.5 Å². The van der Waals surface area contributed by atoms with Crippen molar-refractivity contribution >= 4 is 5.97 Å². The Morgan fingerprint density at radius 2 is 1.58 bits per heavy atom. The number of unbranched alkanes of at least 4 members (excludes halogenated alkanes) is 7. The summed E-state index contributed by atoms with van der Waals surface area (Å²) >= 11 is 0. The van der Waals surface area contributed by atoms with E-state index < -0.39 is 0 Å². The fourth-order valence-corrected chi connectivity index (χ4v) is 2.75. The molecular weight excluding hydrogens is 300 g/mol. The maximum Gasteiger partial charge on any atom is 0.338 e. The number of benzene rings is 1. The lowest BCUT2D eigenvalue weighted by Crippen LogP contribution is -2.14. The van der Waals surface area contributed by atoms with Gasteiger partial charge in [-0.3, -0.25) is 0 Å². The van der Waals surface area contributed by atoms with Crippen LogP contribution in [-0.2, 0) is 10.2 Å². The Labute approximate surface area is 147 Å². The van der Waals surface area contributed by atoms with Crippen molar-refractivity contribution in [3.8, 4) is 5.75 Å². The van der Waals surface area contributed by atoms with Gasteiger partial charge < -0.3 is 9.84 Å². The normalized spacial score (nSPS) is 11.5. The Balaban J connectivity index is 2.31. The van der Waals surface area contributed by atoms with Gasteiger partial charge in [0, 0.05) is 5.56 Å². The SMILES string of the molecule is CCCCCCCCCCOC(=O)c1ccc(O)c(C(C)(C)C)c1. The third kappa shape index (κ3) is 7.37. The van der Waals surface area contributed by atoms with E-state index in [0.717, 1.165) is 18.4 Å². The molecular formula is C21H34O3. The van der Waals surface area contributed by atoms with Gasteiger partial charge in [-0.2, -0.15) is 0 Å². The first-order valence-corrected chi connectivity index (χ1v) is 9.37. The van der Waals surface area contributed by atoms with Crippen LogP contribution in [0.3, 0.4) is 0 Å². The zero-order chi connectivity index (χ0) is 18.0. The molecule has 0 saturated carbocycles. The van der Waals surface area contributed by atoms with Gasteiger partial charge in [-0.25, -0.2) is 4.79 Å². The second-order valence-corrected chi connectivity index (χ2v) is 7.59. The average molecular weight is 335 g/mol. The molecule has 0 aliphatic heterocycles. The van der Waals surface area contributed by atoms with Crippen molar-refractivity contribution in [2.24, 2.45) is 0 Å². The van der Waals surface area contributed by atoms with Crippen LogP contribution in [0.25, 0.3) is 0 Å². The third-order valence-electron chi connectivity index (χ3n) is 4.27. The van der Waals surface area contributed by atoms with Crippen molar-refractivity contribution in [1.82, 2.24) is 0 Å². The van der Waals surface area contributed by atoms with Crippen LogP contribution < -0.4 is 0 Å². The molecule has 1 aromatic carbocycles. The minimum Gasteiger partial charge on any atom is -0.508 e. The molecule has 136 valence electrons. The van der Waals surface area contributed by atoms with Gasteiger partial charge in [0.2, 0.25) is 0 Å². The number of ether oxygens (including phenoxy) is 1. The van der Waals surface area contributed by atoms with Gasteiger partial charge in [0.25, 0.3) is 0 Å². The molecule has 0 heterocycles. The van der Waals surface area contributed by atoms with Crippen molar-refractivity contribution in [1.29, 1.82) is 0 Å². The van der Waals surface area contributed by atoms with Crippen molar-refractivity contribution in [2.45, 2.75) is 84.5 Å². The Morgan fingerprint density at radius 1 is 1.00 bits per heavy atom. The lowest BCUT2D eigenvalue weighted by molar-refractivity contribution is 0.0497. The summed E-state index contributed by atoms with van der Waals surface area (Å²) in [5, 5.41) is 9.95. The predicted octanol–water partition coefficient (Wildman–Crippen LogP) is 5.99. The Kier molecular flexibility index (Phi) is 8.88. The summed E-state index contributed by atoms with van der Waals surface area (Å²) in [7, 11) is 0. The molecule has 0 unspecified atom stereocenters. The Bertz CT molecular complexity index is 500. The standard InChI is InChI=1S/C21H34O3/c1-5-6-7-8-9-10-11-12-15-24-20(23)17-13-14-19(22)18(16-17)21(2,3)4/h13-14,16,22H,5-12,15H2,1-4H3. The van der Waals surface area contributed by atoms with E-state index in [-0.39, 0.29) is 17.1 Å². The van der Waals surface area contributed by atoms with Crippen LogP contribution in [0, 0.1) is 0 Å². The van der Waals surface area contributed by atoms with E-state index in [9.17, 15) is 9.90 Å². The summed E-state index contributed by atoms with van der Waals surface area (Å²) < 4.78 is 5.36. The summed E-state index contributed by atoms with van der Waals surface area (Å²) in [4.78, 5) is 12.1. The summed E-state index contributed by atoms with van der Waals surface area (Å²) in [6.45, 7) is 8.74. The molecule has 0 aliphatic carbocycles. The van der Waals surface area contributed by atoms with Crippen molar-refractivity contribution in [3.05, 3.63) is 29.3 Å². The molecule has 0 bridgehead atoms. The van der Waals surface area contributed by atoms with Crippen LogP contribution >= 0.6 is 0 Å². The maximum atomic E-state index is 12.1. The van der Waals surface area contributed by atoms with E-state index >= 15 is 0 Å². The van der Waals surface area contributed by atoms with E-state index in [1.54, 1.807) is 18.2 Å². The molecule has 1 rings (SSSR count). The molecule has 0 aliphatic rings. The zero-order valence-electron chi connectivity index (χ0n) is 15.9. The molecule has 0 saturated heterocycles. The van der Waals surface area contributed by atoms with Crippen LogP contribution in [-0.4, -0.2) is 17.7 Å². The molecule has 24 heavy (non-hydrogen) atoms. The lowest BCUT2D eigenvalue weighted by Gasteiger charge is -2.21. The molecule has 0 atom stereocenters. The molecule has 0 radical (unpaired) electrons. The van der Waals surface area contributed by atoms with Gasteiger partial charge in [-0.1, -0.05) is 72.6 Å². The monoisotopic (exact) mass is 334 g/mol. The van der Waals surface area contributed by atoms with E-state index in [1.165, 1.54) is 38.5 Å². The maximum absolute atomic E-state index is 12.1. The molecule has 0 spiro atoms. The van der Waals surface area contributed by atoms with Gasteiger partial charge in [-0.05, 0) is 30.0 Å². The van der Waals surface area contributed by atoms with Gasteiger partial charge in [0.05, 0.1) is 12.2 Å². The number of aromatic hydroxyl groups is 1. The molecule has 0 fully saturated rings. The van der Waals surface area contributed by atoms with Crippen LogP contribution in [0.4, 0.5) is 0 Å². The fourth-order valence-electron chi connectivity index (χ4n) is 2.75. The first kappa shape index (κ1) is 20.5. The van der Waals surface area contributed by atoms with Crippen LogP contribution in [0.5, 0.6) is 5.75 Å².